The summed E-state index contributed by atoms with van der Waals surface area (Å²) in [6.07, 6.45) is 2.05. The van der Waals surface area contributed by atoms with Gasteiger partial charge in [0.25, 0.3) is 0 Å². The quantitative estimate of drug-likeness (QED) is 0.701. The molecule has 3 aliphatic heterocycles. The van der Waals surface area contributed by atoms with Crippen molar-refractivity contribution in [2.45, 2.75) is 31.8 Å². The molecule has 3 heterocycles. The van der Waals surface area contributed by atoms with Crippen molar-refractivity contribution in [3.8, 4) is 0 Å². The first-order chi connectivity index (χ1) is 12.5. The first-order valence-corrected chi connectivity index (χ1v) is 9.86. The molecular weight excluding hydrogens is 336 g/mol. The zero-order valence-corrected chi connectivity index (χ0v) is 15.9. The first kappa shape index (κ1) is 19.4. The minimum Gasteiger partial charge on any atom is -0.441 e. The van der Waals surface area contributed by atoms with Gasteiger partial charge >= 0.3 is 6.09 Å². The van der Waals surface area contributed by atoms with E-state index < -0.39 is 12.2 Å². The van der Waals surface area contributed by atoms with Crippen molar-refractivity contribution in [3.05, 3.63) is 0 Å². The molecule has 0 radical (unpaired) electrons. The van der Waals surface area contributed by atoms with E-state index in [2.05, 4.69) is 16.7 Å². The summed E-state index contributed by atoms with van der Waals surface area (Å²) in [5, 5.41) is 8.97. The molecule has 148 valence electrons. The van der Waals surface area contributed by atoms with E-state index in [1.807, 2.05) is 4.90 Å². The number of nitrogens with zero attached hydrogens (tertiary/aromatic N) is 4. The average Bonchev–Trinajstić information content (AvgIpc) is 2.97. The Bertz CT molecular complexity index is 499. The maximum absolute atomic E-state index is 12.2. The second kappa shape index (κ2) is 8.54. The molecule has 3 saturated heterocycles. The van der Waals surface area contributed by atoms with Crippen molar-refractivity contribution in [1.82, 2.24) is 19.6 Å². The molecule has 8 heteroatoms. The summed E-state index contributed by atoms with van der Waals surface area (Å²) in [7, 11) is 0. The smallest absolute Gasteiger partial charge is 0.410 e. The fourth-order valence-electron chi connectivity index (χ4n) is 4.20. The fourth-order valence-corrected chi connectivity index (χ4v) is 4.20. The monoisotopic (exact) mass is 368 g/mol. The molecule has 0 atom stereocenters. The number of carbonyl (C=O) groups is 2. The van der Waals surface area contributed by atoms with Gasteiger partial charge in [-0.1, -0.05) is 6.92 Å². The Balaban J connectivity index is 1.39. The van der Waals surface area contributed by atoms with Crippen LogP contribution >= 0.6 is 0 Å². The van der Waals surface area contributed by atoms with Crippen LogP contribution in [-0.4, -0.2) is 114 Å². The summed E-state index contributed by atoms with van der Waals surface area (Å²) in [5.41, 5.74) is -0.448. The molecule has 3 rings (SSSR count). The third kappa shape index (κ3) is 4.47. The van der Waals surface area contributed by atoms with Crippen LogP contribution in [0.4, 0.5) is 4.79 Å². The standard InChI is InChI=1S/C18H32N4O4/c1-2-19-10-12-20(13-11-19)6-3-7-22-15-18(26-17(22)25)4-8-21(9-5-18)16(24)14-23/h23H,2-15H2,1H3. The third-order valence-electron chi connectivity index (χ3n) is 6.02. The van der Waals surface area contributed by atoms with Crippen molar-refractivity contribution in [3.63, 3.8) is 0 Å². The summed E-state index contributed by atoms with van der Waals surface area (Å²) in [5.74, 6) is -0.246. The van der Waals surface area contributed by atoms with Crippen LogP contribution < -0.4 is 0 Å². The number of likely N-dealkylation sites (tertiary alicyclic amines) is 1. The number of aliphatic hydroxyl groups is 1. The molecular formula is C18H32N4O4. The number of aliphatic hydroxyl groups excluding tert-OH is 1. The predicted molar refractivity (Wildman–Crippen MR) is 96.9 cm³/mol. The van der Waals surface area contributed by atoms with Gasteiger partial charge in [-0.25, -0.2) is 4.79 Å². The summed E-state index contributed by atoms with van der Waals surface area (Å²) < 4.78 is 5.70. The lowest BCUT2D eigenvalue weighted by atomic mass is 9.91. The van der Waals surface area contributed by atoms with Crippen LogP contribution in [0.15, 0.2) is 0 Å². The number of hydrogen-bond acceptors (Lipinski definition) is 6. The minimum atomic E-state index is -0.453. The Labute approximate surface area is 155 Å². The van der Waals surface area contributed by atoms with Crippen LogP contribution in [0.5, 0.6) is 0 Å². The number of carbonyl (C=O) groups excluding carboxylic acids is 2. The normalized spacial score (nSPS) is 24.3. The molecule has 0 aromatic rings. The molecule has 26 heavy (non-hydrogen) atoms. The molecule has 2 amide bonds. The minimum absolute atomic E-state index is 0.220. The molecule has 0 bridgehead atoms. The van der Waals surface area contributed by atoms with E-state index in [9.17, 15) is 9.59 Å². The van der Waals surface area contributed by atoms with E-state index in [-0.39, 0.29) is 12.0 Å². The molecule has 3 aliphatic rings. The highest BCUT2D eigenvalue weighted by Gasteiger charge is 2.47. The molecule has 0 unspecified atom stereocenters. The highest BCUT2D eigenvalue weighted by Crippen LogP contribution is 2.33. The van der Waals surface area contributed by atoms with Crippen LogP contribution in [0.25, 0.3) is 0 Å². The molecule has 0 aliphatic carbocycles. The zero-order valence-electron chi connectivity index (χ0n) is 15.9. The van der Waals surface area contributed by atoms with Gasteiger partial charge in [-0.15, -0.1) is 0 Å². The van der Waals surface area contributed by atoms with Crippen molar-refractivity contribution in [1.29, 1.82) is 0 Å². The van der Waals surface area contributed by atoms with Crippen molar-refractivity contribution < 1.29 is 19.4 Å². The summed E-state index contributed by atoms with van der Waals surface area (Å²) >= 11 is 0. The third-order valence-corrected chi connectivity index (χ3v) is 6.02. The van der Waals surface area contributed by atoms with Gasteiger partial charge in [0.2, 0.25) is 5.91 Å². The van der Waals surface area contributed by atoms with Gasteiger partial charge in [-0.2, -0.15) is 0 Å². The molecule has 8 nitrogen and oxygen atoms in total. The molecule has 0 saturated carbocycles. The number of likely N-dealkylation sites (N-methyl/N-ethyl adjacent to an activating group) is 1. The van der Waals surface area contributed by atoms with Crippen molar-refractivity contribution in [2.24, 2.45) is 0 Å². The van der Waals surface area contributed by atoms with Crippen LogP contribution in [0, 0.1) is 0 Å². The number of rotatable bonds is 6. The Morgan fingerprint density at radius 2 is 1.73 bits per heavy atom. The first-order valence-electron chi connectivity index (χ1n) is 9.86. The summed E-state index contributed by atoms with van der Waals surface area (Å²) in [4.78, 5) is 32.2. The van der Waals surface area contributed by atoms with Crippen molar-refractivity contribution in [2.75, 3.05) is 72.1 Å². The highest BCUT2D eigenvalue weighted by molar-refractivity contribution is 5.77. The van der Waals surface area contributed by atoms with Crippen LogP contribution in [0.2, 0.25) is 0 Å². The average molecular weight is 368 g/mol. The van der Waals surface area contributed by atoms with Gasteiger partial charge in [-0.3, -0.25) is 4.79 Å². The second-order valence-corrected chi connectivity index (χ2v) is 7.64. The van der Waals surface area contributed by atoms with Gasteiger partial charge in [-0.05, 0) is 19.5 Å². The topological polar surface area (TPSA) is 76.6 Å². The SMILES string of the molecule is CCN1CCN(CCCN2CC3(CCN(C(=O)CO)CC3)OC2=O)CC1. The lowest BCUT2D eigenvalue weighted by Crippen LogP contribution is -2.49. The predicted octanol–water partition coefficient (Wildman–Crippen LogP) is -0.180. The van der Waals surface area contributed by atoms with E-state index in [0.29, 0.717) is 32.5 Å². The van der Waals surface area contributed by atoms with Crippen LogP contribution in [-0.2, 0) is 9.53 Å². The summed E-state index contributed by atoms with van der Waals surface area (Å²) in [6, 6.07) is 0. The Hall–Kier alpha value is -1.38. The van der Waals surface area contributed by atoms with E-state index in [4.69, 9.17) is 9.84 Å². The second-order valence-electron chi connectivity index (χ2n) is 7.64. The van der Waals surface area contributed by atoms with Gasteiger partial charge in [0.15, 0.2) is 0 Å². The zero-order chi connectivity index (χ0) is 18.6. The maximum atomic E-state index is 12.2. The lowest BCUT2D eigenvalue weighted by Gasteiger charge is -2.37. The Morgan fingerprint density at radius 3 is 2.35 bits per heavy atom. The fraction of sp³-hybridized carbons (Fsp3) is 0.889. The molecule has 1 spiro atoms. The van der Waals surface area contributed by atoms with Gasteiger partial charge in [0.05, 0.1) is 6.54 Å². The van der Waals surface area contributed by atoms with Crippen molar-refractivity contribution >= 4 is 12.0 Å². The van der Waals surface area contributed by atoms with E-state index in [0.717, 1.165) is 52.2 Å². The molecule has 0 aromatic carbocycles. The van der Waals surface area contributed by atoms with Crippen LogP contribution in [0.3, 0.4) is 0 Å². The van der Waals surface area contributed by atoms with Crippen LogP contribution in [0.1, 0.15) is 26.2 Å². The summed E-state index contributed by atoms with van der Waals surface area (Å²) in [6.45, 7) is 10.8. The van der Waals surface area contributed by atoms with E-state index >= 15 is 0 Å². The molecule has 0 aromatic heterocycles. The molecule has 1 N–H and O–H groups in total. The van der Waals surface area contributed by atoms with Gasteiger partial charge < -0.3 is 29.4 Å². The number of piperazine rings is 1. The van der Waals surface area contributed by atoms with E-state index in [1.165, 1.54) is 0 Å². The lowest BCUT2D eigenvalue weighted by molar-refractivity contribution is -0.137. The maximum Gasteiger partial charge on any atom is 0.410 e. The number of amides is 2. The Kier molecular flexibility index (Phi) is 6.37. The van der Waals surface area contributed by atoms with E-state index in [1.54, 1.807) is 4.90 Å². The van der Waals surface area contributed by atoms with Gasteiger partial charge in [0.1, 0.15) is 12.2 Å². The highest BCUT2D eigenvalue weighted by atomic mass is 16.6. The number of hydrogen-bond donors (Lipinski definition) is 1. The molecule has 3 fully saturated rings. The number of ether oxygens (including phenoxy) is 1. The Morgan fingerprint density at radius 1 is 1.08 bits per heavy atom. The van der Waals surface area contributed by atoms with Gasteiger partial charge in [0, 0.05) is 58.7 Å². The number of piperidine rings is 1. The largest absolute Gasteiger partial charge is 0.441 e.